The maximum absolute atomic E-state index is 8.69. The van der Waals surface area contributed by atoms with Crippen LogP contribution in [-0.2, 0) is 13.5 Å². The van der Waals surface area contributed by atoms with E-state index in [1.807, 2.05) is 25.4 Å². The molecule has 1 aromatic carbocycles. The fourth-order valence-corrected chi connectivity index (χ4v) is 1.87. The minimum absolute atomic E-state index is 0.421. The van der Waals surface area contributed by atoms with Crippen molar-refractivity contribution in [3.8, 4) is 6.07 Å². The number of nitrogens with zero attached hydrogens (tertiary/aromatic N) is 2. The minimum Gasteiger partial charge on any atom is -0.350 e. The first-order chi connectivity index (χ1) is 7.22. The first-order valence-electron chi connectivity index (χ1n) is 4.90. The Morgan fingerprint density at radius 3 is 2.93 bits per heavy atom. The van der Waals surface area contributed by atoms with Crippen LogP contribution in [0.2, 0.25) is 0 Å². The monoisotopic (exact) mass is 199 g/mol. The van der Waals surface area contributed by atoms with Gasteiger partial charge >= 0.3 is 0 Å². The number of aryl methyl sites for hydroxylation is 1. The molecule has 0 radical (unpaired) electrons. The molecule has 0 fully saturated rings. The molecular formula is C12H13N3. The Kier molecular flexibility index (Phi) is 2.44. The van der Waals surface area contributed by atoms with Crippen molar-refractivity contribution in [1.82, 2.24) is 4.57 Å². The number of rotatable bonds is 2. The SMILES string of the molecule is Cn1cc(CC(N)C#N)c2ccccc21. The van der Waals surface area contributed by atoms with E-state index in [1.54, 1.807) is 0 Å². The Bertz CT molecular complexity index is 519. The van der Waals surface area contributed by atoms with Gasteiger partial charge in [0.25, 0.3) is 0 Å². The summed E-state index contributed by atoms with van der Waals surface area (Å²) >= 11 is 0. The van der Waals surface area contributed by atoms with Crippen LogP contribution in [0.3, 0.4) is 0 Å². The highest BCUT2D eigenvalue weighted by Gasteiger charge is 2.09. The second kappa shape index (κ2) is 3.76. The predicted molar refractivity (Wildman–Crippen MR) is 60.2 cm³/mol. The van der Waals surface area contributed by atoms with Gasteiger partial charge in [-0.1, -0.05) is 18.2 Å². The lowest BCUT2D eigenvalue weighted by Crippen LogP contribution is -2.19. The molecule has 1 unspecified atom stereocenters. The maximum Gasteiger partial charge on any atom is 0.0969 e. The molecule has 0 aliphatic rings. The highest BCUT2D eigenvalue weighted by Crippen LogP contribution is 2.20. The highest BCUT2D eigenvalue weighted by atomic mass is 14.9. The number of benzene rings is 1. The Balaban J connectivity index is 2.49. The number of aromatic nitrogens is 1. The normalized spacial score (nSPS) is 12.6. The van der Waals surface area contributed by atoms with Crippen LogP contribution < -0.4 is 5.73 Å². The van der Waals surface area contributed by atoms with E-state index in [4.69, 9.17) is 11.0 Å². The zero-order chi connectivity index (χ0) is 10.8. The van der Waals surface area contributed by atoms with Gasteiger partial charge in [0.15, 0.2) is 0 Å². The fourth-order valence-electron chi connectivity index (χ4n) is 1.87. The summed E-state index contributed by atoms with van der Waals surface area (Å²) in [6.07, 6.45) is 2.65. The third kappa shape index (κ3) is 1.72. The molecular weight excluding hydrogens is 186 g/mol. The van der Waals surface area contributed by atoms with Gasteiger partial charge in [-0.25, -0.2) is 0 Å². The van der Waals surface area contributed by atoms with E-state index in [0.717, 1.165) is 5.56 Å². The van der Waals surface area contributed by atoms with Crippen molar-refractivity contribution in [3.63, 3.8) is 0 Å². The average molecular weight is 199 g/mol. The topological polar surface area (TPSA) is 54.7 Å². The van der Waals surface area contributed by atoms with Crippen LogP contribution >= 0.6 is 0 Å². The van der Waals surface area contributed by atoms with Gasteiger partial charge in [-0.05, 0) is 11.6 Å². The fraction of sp³-hybridized carbons (Fsp3) is 0.250. The van der Waals surface area contributed by atoms with Gasteiger partial charge in [-0.15, -0.1) is 0 Å². The third-order valence-electron chi connectivity index (χ3n) is 2.59. The number of hydrogen-bond donors (Lipinski definition) is 1. The molecule has 0 aliphatic carbocycles. The van der Waals surface area contributed by atoms with Crippen molar-refractivity contribution in [3.05, 3.63) is 36.0 Å². The van der Waals surface area contributed by atoms with Crippen molar-refractivity contribution in [2.75, 3.05) is 0 Å². The van der Waals surface area contributed by atoms with Crippen molar-refractivity contribution >= 4 is 10.9 Å². The zero-order valence-electron chi connectivity index (χ0n) is 8.64. The smallest absolute Gasteiger partial charge is 0.0969 e. The van der Waals surface area contributed by atoms with Gasteiger partial charge in [0.2, 0.25) is 0 Å². The summed E-state index contributed by atoms with van der Waals surface area (Å²) in [4.78, 5) is 0. The Hall–Kier alpha value is -1.79. The number of nitrogens with two attached hydrogens (primary N) is 1. The molecule has 2 rings (SSSR count). The standard InChI is InChI=1S/C12H13N3/c1-15-8-9(6-10(14)7-13)11-4-2-3-5-12(11)15/h2-5,8,10H,6,14H2,1H3. The van der Waals surface area contributed by atoms with Gasteiger partial charge in [-0.3, -0.25) is 0 Å². The van der Waals surface area contributed by atoms with Gasteiger partial charge in [0.1, 0.15) is 0 Å². The molecule has 0 saturated carbocycles. The Morgan fingerprint density at radius 2 is 2.20 bits per heavy atom. The van der Waals surface area contributed by atoms with Crippen LogP contribution in [0.1, 0.15) is 5.56 Å². The molecule has 0 amide bonds. The van der Waals surface area contributed by atoms with Gasteiger partial charge < -0.3 is 10.3 Å². The molecule has 0 saturated heterocycles. The van der Waals surface area contributed by atoms with Crippen molar-refractivity contribution in [2.24, 2.45) is 12.8 Å². The van der Waals surface area contributed by atoms with E-state index >= 15 is 0 Å². The van der Waals surface area contributed by atoms with E-state index in [1.165, 1.54) is 10.9 Å². The Labute approximate surface area is 88.7 Å². The molecule has 76 valence electrons. The van der Waals surface area contributed by atoms with Crippen LogP contribution in [-0.4, -0.2) is 10.6 Å². The maximum atomic E-state index is 8.69. The first-order valence-corrected chi connectivity index (χ1v) is 4.90. The highest BCUT2D eigenvalue weighted by molar-refractivity contribution is 5.83. The van der Waals surface area contributed by atoms with Gasteiger partial charge in [0.05, 0.1) is 12.1 Å². The van der Waals surface area contributed by atoms with E-state index in [0.29, 0.717) is 6.42 Å². The average Bonchev–Trinajstić information content (AvgIpc) is 2.57. The first kappa shape index (κ1) is 9.75. The second-order valence-electron chi connectivity index (χ2n) is 3.72. The largest absolute Gasteiger partial charge is 0.350 e. The van der Waals surface area contributed by atoms with Crippen LogP contribution in [0.25, 0.3) is 10.9 Å². The summed E-state index contributed by atoms with van der Waals surface area (Å²) in [7, 11) is 2.00. The predicted octanol–water partition coefficient (Wildman–Crippen LogP) is 1.57. The summed E-state index contributed by atoms with van der Waals surface area (Å²) in [5.74, 6) is 0. The van der Waals surface area contributed by atoms with Crippen LogP contribution in [0.4, 0.5) is 0 Å². The lowest BCUT2D eigenvalue weighted by molar-refractivity contribution is 0.821. The molecule has 3 nitrogen and oxygen atoms in total. The summed E-state index contributed by atoms with van der Waals surface area (Å²) in [6, 6.07) is 9.78. The van der Waals surface area contributed by atoms with Gasteiger partial charge in [0, 0.05) is 30.6 Å². The lowest BCUT2D eigenvalue weighted by atomic mass is 10.1. The van der Waals surface area contributed by atoms with Crippen molar-refractivity contribution in [1.29, 1.82) is 5.26 Å². The molecule has 1 atom stereocenters. The van der Waals surface area contributed by atoms with Crippen molar-refractivity contribution < 1.29 is 0 Å². The van der Waals surface area contributed by atoms with Crippen LogP contribution in [0.15, 0.2) is 30.5 Å². The Morgan fingerprint density at radius 1 is 1.47 bits per heavy atom. The number of nitriles is 1. The van der Waals surface area contributed by atoms with Gasteiger partial charge in [-0.2, -0.15) is 5.26 Å². The molecule has 3 heteroatoms. The van der Waals surface area contributed by atoms with Crippen molar-refractivity contribution in [2.45, 2.75) is 12.5 Å². The van der Waals surface area contributed by atoms with Crippen LogP contribution in [0, 0.1) is 11.3 Å². The number of hydrogen-bond acceptors (Lipinski definition) is 2. The lowest BCUT2D eigenvalue weighted by Gasteiger charge is -2.00. The quantitative estimate of drug-likeness (QED) is 0.798. The summed E-state index contributed by atoms with van der Waals surface area (Å²) in [6.45, 7) is 0. The molecule has 0 bridgehead atoms. The summed E-state index contributed by atoms with van der Waals surface area (Å²) in [5.41, 5.74) is 7.95. The molecule has 0 spiro atoms. The molecule has 2 N–H and O–H groups in total. The molecule has 15 heavy (non-hydrogen) atoms. The van der Waals surface area contributed by atoms with E-state index < -0.39 is 6.04 Å². The van der Waals surface area contributed by atoms with Crippen LogP contribution in [0.5, 0.6) is 0 Å². The summed E-state index contributed by atoms with van der Waals surface area (Å²) in [5, 5.41) is 9.88. The molecule has 0 aliphatic heterocycles. The minimum atomic E-state index is -0.421. The zero-order valence-corrected chi connectivity index (χ0v) is 8.64. The van der Waals surface area contributed by atoms with E-state index in [-0.39, 0.29) is 0 Å². The third-order valence-corrected chi connectivity index (χ3v) is 2.59. The molecule has 1 heterocycles. The second-order valence-corrected chi connectivity index (χ2v) is 3.72. The summed E-state index contributed by atoms with van der Waals surface area (Å²) < 4.78 is 2.06. The number of para-hydroxylation sites is 1. The van der Waals surface area contributed by atoms with E-state index in [9.17, 15) is 0 Å². The molecule has 1 aromatic heterocycles. The number of fused-ring (bicyclic) bond motifs is 1. The molecule has 2 aromatic rings. The van der Waals surface area contributed by atoms with E-state index in [2.05, 4.69) is 22.8 Å².